The first kappa shape index (κ1) is 14.7. The van der Waals surface area contributed by atoms with E-state index in [1.165, 1.54) is 0 Å². The Kier molecular flexibility index (Phi) is 5.33. The molecule has 100 valence electrons. The van der Waals surface area contributed by atoms with Crippen LogP contribution in [0.5, 0.6) is 0 Å². The van der Waals surface area contributed by atoms with Gasteiger partial charge in [-0.1, -0.05) is 12.1 Å². The first-order valence-corrected chi connectivity index (χ1v) is 6.17. The minimum atomic E-state index is -4.25. The van der Waals surface area contributed by atoms with Crippen LogP contribution in [0.25, 0.3) is 0 Å². The lowest BCUT2D eigenvalue weighted by molar-refractivity contribution is -0.120. The number of carbonyl (C=O) groups excluding carboxylic acids is 1. The van der Waals surface area contributed by atoms with Gasteiger partial charge in [-0.25, -0.2) is 0 Å². The second-order valence-electron chi connectivity index (χ2n) is 3.57. The zero-order chi connectivity index (χ0) is 13.6. The minimum Gasteiger partial charge on any atom is -0.399 e. The molecule has 3 N–H and O–H groups in total. The lowest BCUT2D eigenvalue weighted by atomic mass is 10.1. The zero-order valence-corrected chi connectivity index (χ0v) is 10.3. The van der Waals surface area contributed by atoms with Crippen LogP contribution in [0.3, 0.4) is 0 Å². The molecule has 1 aromatic rings. The molecule has 0 spiro atoms. The minimum absolute atomic E-state index is 0.00861. The van der Waals surface area contributed by atoms with Crippen molar-refractivity contribution in [3.8, 4) is 0 Å². The molecule has 0 saturated carbocycles. The Morgan fingerprint density at radius 3 is 2.72 bits per heavy atom. The number of amides is 1. The number of hydrogen-bond donors (Lipinski definition) is 2. The summed E-state index contributed by atoms with van der Waals surface area (Å²) >= 11 is -0.150. The van der Waals surface area contributed by atoms with Crippen molar-refractivity contribution in [2.45, 2.75) is 11.9 Å². The van der Waals surface area contributed by atoms with Crippen molar-refractivity contribution in [1.29, 1.82) is 0 Å². The number of nitrogen functional groups attached to an aromatic ring is 1. The molecule has 0 atom stereocenters. The van der Waals surface area contributed by atoms with Gasteiger partial charge < -0.3 is 11.1 Å². The highest BCUT2D eigenvalue weighted by molar-refractivity contribution is 8.00. The largest absolute Gasteiger partial charge is 0.441 e. The van der Waals surface area contributed by atoms with Gasteiger partial charge in [0.2, 0.25) is 5.91 Å². The molecule has 3 nitrogen and oxygen atoms in total. The van der Waals surface area contributed by atoms with Gasteiger partial charge in [0.25, 0.3) is 0 Å². The Hall–Kier alpha value is -1.37. The number of anilines is 1. The first-order valence-electron chi connectivity index (χ1n) is 5.18. The maximum absolute atomic E-state index is 11.8. The highest BCUT2D eigenvalue weighted by atomic mass is 32.2. The molecule has 0 aliphatic heterocycles. The van der Waals surface area contributed by atoms with Crippen LogP contribution in [0.4, 0.5) is 18.9 Å². The number of rotatable bonds is 5. The summed E-state index contributed by atoms with van der Waals surface area (Å²) in [5, 5.41) is 2.42. The average Bonchev–Trinajstić information content (AvgIpc) is 2.23. The topological polar surface area (TPSA) is 55.1 Å². The molecule has 0 aromatic heterocycles. The summed E-state index contributed by atoms with van der Waals surface area (Å²) in [4.78, 5) is 11.4. The summed E-state index contributed by atoms with van der Waals surface area (Å²) in [6.45, 7) is -0.00861. The molecule has 0 unspecified atom stereocenters. The molecule has 0 bridgehead atoms. The number of halogens is 3. The molecule has 0 heterocycles. The number of benzene rings is 1. The molecular weight excluding hydrogens is 265 g/mol. The monoisotopic (exact) mass is 278 g/mol. The van der Waals surface area contributed by atoms with E-state index in [2.05, 4.69) is 5.32 Å². The van der Waals surface area contributed by atoms with Crippen LogP contribution >= 0.6 is 11.8 Å². The smallest absolute Gasteiger partial charge is 0.399 e. The summed E-state index contributed by atoms with van der Waals surface area (Å²) in [5.41, 5.74) is 2.57. The molecular formula is C11H13F3N2OS. The lowest BCUT2D eigenvalue weighted by Gasteiger charge is -2.07. The summed E-state index contributed by atoms with van der Waals surface area (Å²) in [7, 11) is 0. The Balaban J connectivity index is 2.26. The normalized spacial score (nSPS) is 11.3. The molecule has 0 radical (unpaired) electrons. The second-order valence-corrected chi connectivity index (χ2v) is 4.73. The second kappa shape index (κ2) is 6.53. The average molecular weight is 278 g/mol. The number of nitrogens with one attached hydrogen (secondary N) is 1. The van der Waals surface area contributed by atoms with Gasteiger partial charge in [-0.2, -0.15) is 13.2 Å². The Bertz CT molecular complexity index is 410. The van der Waals surface area contributed by atoms with Crippen LogP contribution in [-0.4, -0.2) is 23.7 Å². The molecule has 1 rings (SSSR count). The van der Waals surface area contributed by atoms with E-state index in [4.69, 9.17) is 5.73 Å². The molecule has 0 fully saturated rings. The van der Waals surface area contributed by atoms with Gasteiger partial charge in [0.1, 0.15) is 0 Å². The quantitative estimate of drug-likeness (QED) is 0.641. The summed E-state index contributed by atoms with van der Waals surface area (Å²) in [6.07, 6.45) is 0.113. The van der Waals surface area contributed by atoms with E-state index in [-0.39, 0.29) is 36.4 Å². The Labute approximate surface area is 107 Å². The van der Waals surface area contributed by atoms with Crippen molar-refractivity contribution >= 4 is 23.4 Å². The van der Waals surface area contributed by atoms with Gasteiger partial charge in [-0.15, -0.1) is 0 Å². The van der Waals surface area contributed by atoms with Crippen LogP contribution in [0.1, 0.15) is 5.56 Å². The molecule has 1 amide bonds. The van der Waals surface area contributed by atoms with Crippen LogP contribution < -0.4 is 11.1 Å². The lowest BCUT2D eigenvalue weighted by Crippen LogP contribution is -2.27. The van der Waals surface area contributed by atoms with Crippen LogP contribution in [0, 0.1) is 0 Å². The molecule has 0 aliphatic rings. The van der Waals surface area contributed by atoms with Crippen molar-refractivity contribution < 1.29 is 18.0 Å². The Morgan fingerprint density at radius 2 is 2.11 bits per heavy atom. The van der Waals surface area contributed by atoms with Gasteiger partial charge in [0.15, 0.2) is 0 Å². The van der Waals surface area contributed by atoms with Crippen molar-refractivity contribution in [3.05, 3.63) is 29.8 Å². The van der Waals surface area contributed by atoms with E-state index in [1.807, 2.05) is 0 Å². The van der Waals surface area contributed by atoms with Crippen molar-refractivity contribution in [2.75, 3.05) is 18.0 Å². The zero-order valence-electron chi connectivity index (χ0n) is 9.46. The van der Waals surface area contributed by atoms with Crippen molar-refractivity contribution in [1.82, 2.24) is 5.32 Å². The van der Waals surface area contributed by atoms with Gasteiger partial charge in [0, 0.05) is 18.0 Å². The van der Waals surface area contributed by atoms with Crippen LogP contribution in [0.15, 0.2) is 24.3 Å². The summed E-state index contributed by atoms with van der Waals surface area (Å²) in [6, 6.07) is 6.81. The van der Waals surface area contributed by atoms with Gasteiger partial charge in [-0.05, 0) is 29.5 Å². The molecule has 7 heteroatoms. The fourth-order valence-electron chi connectivity index (χ4n) is 1.31. The number of thioether (sulfide) groups is 1. The molecule has 0 saturated heterocycles. The molecule has 1 aromatic carbocycles. The molecule has 18 heavy (non-hydrogen) atoms. The number of hydrogen-bond acceptors (Lipinski definition) is 3. The van der Waals surface area contributed by atoms with Crippen molar-refractivity contribution in [2.24, 2.45) is 0 Å². The van der Waals surface area contributed by atoms with Crippen LogP contribution in [0.2, 0.25) is 0 Å². The predicted octanol–water partition coefficient (Wildman–Crippen LogP) is 2.18. The third-order valence-electron chi connectivity index (χ3n) is 2.01. The SMILES string of the molecule is Nc1cccc(CC(=O)NCCSC(F)(F)F)c1. The van der Waals surface area contributed by atoms with Crippen molar-refractivity contribution in [3.63, 3.8) is 0 Å². The summed E-state index contributed by atoms with van der Waals surface area (Å²) < 4.78 is 35.4. The van der Waals surface area contributed by atoms with E-state index in [0.717, 1.165) is 5.56 Å². The standard InChI is InChI=1S/C11H13F3N2OS/c12-11(13,14)18-5-4-16-10(17)7-8-2-1-3-9(15)6-8/h1-3,6H,4-5,7,15H2,(H,16,17). The van der Waals surface area contributed by atoms with E-state index >= 15 is 0 Å². The number of carbonyl (C=O) groups is 1. The predicted molar refractivity (Wildman–Crippen MR) is 66.1 cm³/mol. The molecule has 0 aliphatic carbocycles. The maximum atomic E-state index is 11.8. The van der Waals surface area contributed by atoms with Gasteiger partial charge in [0.05, 0.1) is 6.42 Å². The van der Waals surface area contributed by atoms with E-state index < -0.39 is 5.51 Å². The van der Waals surface area contributed by atoms with E-state index in [0.29, 0.717) is 5.69 Å². The van der Waals surface area contributed by atoms with E-state index in [9.17, 15) is 18.0 Å². The fraction of sp³-hybridized carbons (Fsp3) is 0.364. The first-order chi connectivity index (χ1) is 8.37. The van der Waals surface area contributed by atoms with Crippen LogP contribution in [-0.2, 0) is 11.2 Å². The van der Waals surface area contributed by atoms with E-state index in [1.54, 1.807) is 24.3 Å². The highest BCUT2D eigenvalue weighted by Crippen LogP contribution is 2.29. The number of alkyl halides is 3. The fourth-order valence-corrected chi connectivity index (χ4v) is 1.74. The van der Waals surface area contributed by atoms with Gasteiger partial charge >= 0.3 is 5.51 Å². The highest BCUT2D eigenvalue weighted by Gasteiger charge is 2.27. The number of nitrogens with two attached hydrogens (primary N) is 1. The van der Waals surface area contributed by atoms with Gasteiger partial charge in [-0.3, -0.25) is 4.79 Å². The third kappa shape index (κ3) is 6.39. The summed E-state index contributed by atoms with van der Waals surface area (Å²) in [5.74, 6) is -0.505. The third-order valence-corrected chi connectivity index (χ3v) is 2.74. The Morgan fingerprint density at radius 1 is 1.39 bits per heavy atom. The maximum Gasteiger partial charge on any atom is 0.441 e.